The van der Waals surface area contributed by atoms with Crippen LogP contribution in [0.25, 0.3) is 11.4 Å². The first-order valence-corrected chi connectivity index (χ1v) is 7.14. The van der Waals surface area contributed by atoms with Gasteiger partial charge in [0.15, 0.2) is 5.82 Å². The highest BCUT2D eigenvalue weighted by Gasteiger charge is 2.27. The van der Waals surface area contributed by atoms with Gasteiger partial charge in [-0.2, -0.15) is 0 Å². The SMILES string of the molecule is Cn1cnnc1-c1ccc(NC(=O)[C@@H]2CC[C@H](N)C2)cc1. The van der Waals surface area contributed by atoms with Gasteiger partial charge in [0.05, 0.1) is 0 Å². The van der Waals surface area contributed by atoms with Crippen LogP contribution in [-0.2, 0) is 11.8 Å². The standard InChI is InChI=1S/C15H19N5O/c1-20-9-17-19-14(20)10-3-6-13(7-4-10)18-15(21)11-2-5-12(16)8-11/h3-4,6-7,9,11-12H,2,5,8,16H2,1H3,(H,18,21)/t11-,12+/m1/s1. The summed E-state index contributed by atoms with van der Waals surface area (Å²) >= 11 is 0. The van der Waals surface area contributed by atoms with E-state index in [9.17, 15) is 4.79 Å². The van der Waals surface area contributed by atoms with Gasteiger partial charge in [-0.05, 0) is 43.5 Å². The van der Waals surface area contributed by atoms with Crippen molar-refractivity contribution in [1.82, 2.24) is 14.8 Å². The maximum Gasteiger partial charge on any atom is 0.227 e. The van der Waals surface area contributed by atoms with E-state index in [0.29, 0.717) is 0 Å². The van der Waals surface area contributed by atoms with Crippen LogP contribution in [-0.4, -0.2) is 26.7 Å². The lowest BCUT2D eigenvalue weighted by Crippen LogP contribution is -2.23. The Morgan fingerprint density at radius 2 is 2.10 bits per heavy atom. The van der Waals surface area contributed by atoms with Crippen LogP contribution >= 0.6 is 0 Å². The van der Waals surface area contributed by atoms with E-state index in [1.165, 1.54) is 0 Å². The lowest BCUT2D eigenvalue weighted by Gasteiger charge is -2.11. The molecular weight excluding hydrogens is 266 g/mol. The molecule has 2 atom stereocenters. The first-order valence-electron chi connectivity index (χ1n) is 7.14. The second kappa shape index (κ2) is 5.65. The van der Waals surface area contributed by atoms with Crippen LogP contribution in [0.15, 0.2) is 30.6 Å². The van der Waals surface area contributed by atoms with Crippen molar-refractivity contribution < 1.29 is 4.79 Å². The molecule has 21 heavy (non-hydrogen) atoms. The predicted octanol–water partition coefficient (Wildman–Crippen LogP) is 1.55. The van der Waals surface area contributed by atoms with Gasteiger partial charge in [0.1, 0.15) is 6.33 Å². The highest BCUT2D eigenvalue weighted by molar-refractivity contribution is 5.93. The Kier molecular flexibility index (Phi) is 3.70. The number of benzene rings is 1. The van der Waals surface area contributed by atoms with E-state index >= 15 is 0 Å². The summed E-state index contributed by atoms with van der Waals surface area (Å²) in [5.41, 5.74) is 7.62. The summed E-state index contributed by atoms with van der Waals surface area (Å²) in [5.74, 6) is 0.905. The van der Waals surface area contributed by atoms with Crippen molar-refractivity contribution >= 4 is 11.6 Å². The zero-order chi connectivity index (χ0) is 14.8. The number of aromatic nitrogens is 3. The molecule has 0 unspecified atom stereocenters. The van der Waals surface area contributed by atoms with Gasteiger partial charge < -0.3 is 15.6 Å². The summed E-state index contributed by atoms with van der Waals surface area (Å²) in [6.07, 6.45) is 4.25. The van der Waals surface area contributed by atoms with Crippen LogP contribution in [0.2, 0.25) is 0 Å². The smallest absolute Gasteiger partial charge is 0.227 e. The number of hydrogen-bond donors (Lipinski definition) is 2. The number of amides is 1. The van der Waals surface area contributed by atoms with Gasteiger partial charge >= 0.3 is 0 Å². The minimum atomic E-state index is 0.0402. The van der Waals surface area contributed by atoms with Crippen LogP contribution in [0.1, 0.15) is 19.3 Å². The molecule has 1 fully saturated rings. The van der Waals surface area contributed by atoms with Gasteiger partial charge in [0.2, 0.25) is 5.91 Å². The fourth-order valence-electron chi connectivity index (χ4n) is 2.75. The fourth-order valence-corrected chi connectivity index (χ4v) is 2.75. The molecule has 1 amide bonds. The molecule has 0 saturated heterocycles. The highest BCUT2D eigenvalue weighted by atomic mass is 16.1. The number of aryl methyl sites for hydroxylation is 1. The summed E-state index contributed by atoms with van der Waals surface area (Å²) in [4.78, 5) is 12.1. The van der Waals surface area contributed by atoms with Crippen molar-refractivity contribution in [3.8, 4) is 11.4 Å². The van der Waals surface area contributed by atoms with Crippen molar-refractivity contribution in [2.75, 3.05) is 5.32 Å². The van der Waals surface area contributed by atoms with Crippen molar-refractivity contribution in [2.24, 2.45) is 18.7 Å². The van der Waals surface area contributed by atoms with Crippen LogP contribution in [0.5, 0.6) is 0 Å². The van der Waals surface area contributed by atoms with E-state index in [0.717, 1.165) is 36.3 Å². The zero-order valence-corrected chi connectivity index (χ0v) is 12.0. The lowest BCUT2D eigenvalue weighted by molar-refractivity contribution is -0.119. The molecule has 1 aliphatic rings. The minimum Gasteiger partial charge on any atom is -0.328 e. The van der Waals surface area contributed by atoms with Crippen LogP contribution in [0.4, 0.5) is 5.69 Å². The maximum absolute atomic E-state index is 12.1. The van der Waals surface area contributed by atoms with Crippen molar-refractivity contribution in [3.63, 3.8) is 0 Å². The van der Waals surface area contributed by atoms with E-state index in [1.807, 2.05) is 35.9 Å². The highest BCUT2D eigenvalue weighted by Crippen LogP contribution is 2.26. The average molecular weight is 285 g/mol. The molecule has 6 nitrogen and oxygen atoms in total. The molecule has 6 heteroatoms. The third kappa shape index (κ3) is 2.95. The van der Waals surface area contributed by atoms with Crippen LogP contribution in [0.3, 0.4) is 0 Å². The molecule has 0 radical (unpaired) electrons. The molecule has 110 valence electrons. The first-order chi connectivity index (χ1) is 10.1. The van der Waals surface area contributed by atoms with Gasteiger partial charge in [0.25, 0.3) is 0 Å². The number of carbonyl (C=O) groups is 1. The molecule has 1 aromatic heterocycles. The summed E-state index contributed by atoms with van der Waals surface area (Å²) in [6, 6.07) is 7.80. The van der Waals surface area contributed by atoms with E-state index < -0.39 is 0 Å². The molecule has 0 bridgehead atoms. The number of anilines is 1. The van der Waals surface area contributed by atoms with E-state index in [4.69, 9.17) is 5.73 Å². The predicted molar refractivity (Wildman–Crippen MR) is 80.4 cm³/mol. The van der Waals surface area contributed by atoms with Gasteiger partial charge in [-0.25, -0.2) is 0 Å². The minimum absolute atomic E-state index is 0.0402. The van der Waals surface area contributed by atoms with Gasteiger partial charge in [-0.1, -0.05) is 0 Å². The number of nitrogens with zero attached hydrogens (tertiary/aromatic N) is 3. The summed E-state index contributed by atoms with van der Waals surface area (Å²) in [6.45, 7) is 0. The molecule has 0 spiro atoms. The third-order valence-corrected chi connectivity index (χ3v) is 3.97. The van der Waals surface area contributed by atoms with Crippen LogP contribution < -0.4 is 11.1 Å². The molecule has 3 rings (SSSR count). The number of rotatable bonds is 3. The number of nitrogens with one attached hydrogen (secondary N) is 1. The van der Waals surface area contributed by atoms with E-state index in [2.05, 4.69) is 15.5 Å². The Labute approximate surface area is 123 Å². The summed E-state index contributed by atoms with van der Waals surface area (Å²) in [7, 11) is 1.90. The summed E-state index contributed by atoms with van der Waals surface area (Å²) < 4.78 is 1.85. The van der Waals surface area contributed by atoms with Crippen molar-refractivity contribution in [2.45, 2.75) is 25.3 Å². The Morgan fingerprint density at radius 3 is 2.67 bits per heavy atom. The van der Waals surface area contributed by atoms with Crippen molar-refractivity contribution in [1.29, 1.82) is 0 Å². The Bertz CT molecular complexity index is 634. The van der Waals surface area contributed by atoms with Crippen LogP contribution in [0, 0.1) is 5.92 Å². The maximum atomic E-state index is 12.1. The van der Waals surface area contributed by atoms with Gasteiger partial charge in [-0.3, -0.25) is 4.79 Å². The number of hydrogen-bond acceptors (Lipinski definition) is 4. The normalized spacial score (nSPS) is 21.4. The second-order valence-corrected chi connectivity index (χ2v) is 5.60. The molecule has 2 aromatic rings. The first kappa shape index (κ1) is 13.8. The second-order valence-electron chi connectivity index (χ2n) is 5.60. The fraction of sp³-hybridized carbons (Fsp3) is 0.400. The Morgan fingerprint density at radius 1 is 1.33 bits per heavy atom. The van der Waals surface area contributed by atoms with Gasteiger partial charge in [-0.15, -0.1) is 10.2 Å². The summed E-state index contributed by atoms with van der Waals surface area (Å²) in [5, 5.41) is 10.9. The molecule has 1 saturated carbocycles. The molecule has 1 aromatic carbocycles. The Balaban J connectivity index is 1.67. The molecule has 1 heterocycles. The van der Waals surface area contributed by atoms with E-state index in [1.54, 1.807) is 6.33 Å². The molecule has 1 aliphatic carbocycles. The quantitative estimate of drug-likeness (QED) is 0.896. The average Bonchev–Trinajstić information content (AvgIpc) is 3.08. The monoisotopic (exact) mass is 285 g/mol. The largest absolute Gasteiger partial charge is 0.328 e. The Hall–Kier alpha value is -2.21. The van der Waals surface area contributed by atoms with Crippen molar-refractivity contribution in [3.05, 3.63) is 30.6 Å². The van der Waals surface area contributed by atoms with Gasteiger partial charge in [0, 0.05) is 30.3 Å². The molecule has 0 aliphatic heterocycles. The lowest BCUT2D eigenvalue weighted by atomic mass is 10.1. The topological polar surface area (TPSA) is 85.8 Å². The number of nitrogens with two attached hydrogens (primary N) is 1. The molecular formula is C15H19N5O. The third-order valence-electron chi connectivity index (χ3n) is 3.97. The molecule has 3 N–H and O–H groups in total. The van der Waals surface area contributed by atoms with E-state index in [-0.39, 0.29) is 17.9 Å². The number of carbonyl (C=O) groups excluding carboxylic acids is 1. The zero-order valence-electron chi connectivity index (χ0n) is 12.0.